The highest BCUT2D eigenvalue weighted by molar-refractivity contribution is 9.10. The van der Waals surface area contributed by atoms with E-state index in [9.17, 15) is 4.39 Å². The molecule has 2 aromatic carbocycles. The van der Waals surface area contributed by atoms with Crippen LogP contribution in [0.25, 0.3) is 0 Å². The van der Waals surface area contributed by atoms with E-state index in [1.54, 1.807) is 12.1 Å². The number of rotatable bonds is 4. The van der Waals surface area contributed by atoms with Crippen LogP contribution in [0.1, 0.15) is 22.3 Å². The number of hydrogen-bond acceptors (Lipinski definition) is 1. The molecule has 1 N–H and O–H groups in total. The highest BCUT2D eigenvalue weighted by Crippen LogP contribution is 2.18. The van der Waals surface area contributed by atoms with Gasteiger partial charge in [0.05, 0.1) is 0 Å². The Bertz CT molecular complexity index is 579. The van der Waals surface area contributed by atoms with Crippen LogP contribution in [0, 0.1) is 19.7 Å². The lowest BCUT2D eigenvalue weighted by Gasteiger charge is -2.11. The maximum atomic E-state index is 13.2. The van der Waals surface area contributed by atoms with Crippen LogP contribution in [-0.4, -0.2) is 0 Å². The maximum absolute atomic E-state index is 13.2. The van der Waals surface area contributed by atoms with E-state index in [1.165, 1.54) is 22.8 Å². The summed E-state index contributed by atoms with van der Waals surface area (Å²) in [5, 5.41) is 3.36. The Kier molecular flexibility index (Phi) is 4.72. The topological polar surface area (TPSA) is 12.0 Å². The van der Waals surface area contributed by atoms with Gasteiger partial charge in [-0.25, -0.2) is 4.39 Å². The van der Waals surface area contributed by atoms with Crippen molar-refractivity contribution >= 4 is 15.9 Å². The molecular formula is C16H17BrFN. The van der Waals surface area contributed by atoms with Gasteiger partial charge in [0.25, 0.3) is 0 Å². The lowest BCUT2D eigenvalue weighted by atomic mass is 10.0. The molecule has 0 heterocycles. The van der Waals surface area contributed by atoms with E-state index < -0.39 is 0 Å². The van der Waals surface area contributed by atoms with Gasteiger partial charge in [0.1, 0.15) is 5.82 Å². The minimum atomic E-state index is -0.202. The van der Waals surface area contributed by atoms with Crippen LogP contribution >= 0.6 is 15.9 Å². The molecule has 0 bridgehead atoms. The monoisotopic (exact) mass is 321 g/mol. The van der Waals surface area contributed by atoms with Crippen molar-refractivity contribution in [3.63, 3.8) is 0 Å². The van der Waals surface area contributed by atoms with Gasteiger partial charge in [-0.15, -0.1) is 0 Å². The Morgan fingerprint density at radius 2 is 1.79 bits per heavy atom. The SMILES string of the molecule is Cc1cccc(CNCc2cc(F)ccc2Br)c1C. The van der Waals surface area contributed by atoms with E-state index >= 15 is 0 Å². The number of hydrogen-bond donors (Lipinski definition) is 1. The molecule has 2 aromatic rings. The highest BCUT2D eigenvalue weighted by atomic mass is 79.9. The van der Waals surface area contributed by atoms with Crippen LogP contribution in [0.5, 0.6) is 0 Å². The van der Waals surface area contributed by atoms with E-state index in [4.69, 9.17) is 0 Å². The summed E-state index contributed by atoms with van der Waals surface area (Å²) in [5.74, 6) is -0.202. The molecule has 0 saturated heterocycles. The summed E-state index contributed by atoms with van der Waals surface area (Å²) in [6, 6.07) is 11.1. The molecule has 0 saturated carbocycles. The van der Waals surface area contributed by atoms with E-state index in [0.717, 1.165) is 16.6 Å². The molecular weight excluding hydrogens is 305 g/mol. The average molecular weight is 322 g/mol. The zero-order valence-corrected chi connectivity index (χ0v) is 12.7. The lowest BCUT2D eigenvalue weighted by Crippen LogP contribution is -2.14. The van der Waals surface area contributed by atoms with Gasteiger partial charge in [0.15, 0.2) is 0 Å². The molecule has 2 rings (SSSR count). The molecule has 1 nitrogen and oxygen atoms in total. The van der Waals surface area contributed by atoms with Crippen molar-refractivity contribution in [2.75, 3.05) is 0 Å². The van der Waals surface area contributed by atoms with Crippen molar-refractivity contribution in [3.8, 4) is 0 Å². The molecule has 0 aliphatic rings. The van der Waals surface area contributed by atoms with Gasteiger partial charge >= 0.3 is 0 Å². The van der Waals surface area contributed by atoms with Crippen molar-refractivity contribution in [2.45, 2.75) is 26.9 Å². The number of nitrogens with one attached hydrogen (secondary N) is 1. The second kappa shape index (κ2) is 6.31. The van der Waals surface area contributed by atoms with Gasteiger partial charge in [-0.2, -0.15) is 0 Å². The van der Waals surface area contributed by atoms with Crippen LogP contribution in [-0.2, 0) is 13.1 Å². The fraction of sp³-hybridized carbons (Fsp3) is 0.250. The normalized spacial score (nSPS) is 10.7. The predicted molar refractivity (Wildman–Crippen MR) is 80.6 cm³/mol. The Labute approximate surface area is 122 Å². The molecule has 0 fully saturated rings. The number of aryl methyl sites for hydroxylation is 1. The zero-order valence-electron chi connectivity index (χ0n) is 11.1. The average Bonchev–Trinajstić information content (AvgIpc) is 2.38. The maximum Gasteiger partial charge on any atom is 0.123 e. The molecule has 100 valence electrons. The number of halogens is 2. The molecule has 0 aromatic heterocycles. The fourth-order valence-electron chi connectivity index (χ4n) is 2.01. The summed E-state index contributed by atoms with van der Waals surface area (Å²) in [7, 11) is 0. The Balaban J connectivity index is 2.00. The summed E-state index contributed by atoms with van der Waals surface area (Å²) in [6.45, 7) is 5.68. The minimum absolute atomic E-state index is 0.202. The smallest absolute Gasteiger partial charge is 0.123 e. The first kappa shape index (κ1) is 14.2. The molecule has 3 heteroatoms. The van der Waals surface area contributed by atoms with Crippen LogP contribution in [0.15, 0.2) is 40.9 Å². The fourth-order valence-corrected chi connectivity index (χ4v) is 2.40. The first-order valence-corrected chi connectivity index (χ1v) is 7.07. The third-order valence-corrected chi connectivity index (χ3v) is 4.13. The van der Waals surface area contributed by atoms with Crippen molar-refractivity contribution < 1.29 is 4.39 Å². The Morgan fingerprint density at radius 1 is 1.05 bits per heavy atom. The van der Waals surface area contributed by atoms with Crippen LogP contribution in [0.4, 0.5) is 4.39 Å². The lowest BCUT2D eigenvalue weighted by molar-refractivity contribution is 0.619. The number of benzene rings is 2. The molecule has 19 heavy (non-hydrogen) atoms. The Hall–Kier alpha value is -1.19. The van der Waals surface area contributed by atoms with Crippen LogP contribution < -0.4 is 5.32 Å². The zero-order chi connectivity index (χ0) is 13.8. The molecule has 0 unspecified atom stereocenters. The standard InChI is InChI=1S/C16H17BrFN/c1-11-4-3-5-13(12(11)2)9-19-10-14-8-15(18)6-7-16(14)17/h3-8,19H,9-10H2,1-2H3. The van der Waals surface area contributed by atoms with Gasteiger partial charge < -0.3 is 5.32 Å². The highest BCUT2D eigenvalue weighted by Gasteiger charge is 2.03. The van der Waals surface area contributed by atoms with E-state index in [2.05, 4.69) is 53.3 Å². The second-order valence-electron chi connectivity index (χ2n) is 4.70. The molecule has 0 radical (unpaired) electrons. The van der Waals surface area contributed by atoms with Crippen molar-refractivity contribution in [1.82, 2.24) is 5.32 Å². The summed E-state index contributed by atoms with van der Waals surface area (Å²) in [4.78, 5) is 0. The van der Waals surface area contributed by atoms with Crippen LogP contribution in [0.2, 0.25) is 0 Å². The third kappa shape index (κ3) is 3.64. The first-order valence-electron chi connectivity index (χ1n) is 6.27. The third-order valence-electron chi connectivity index (χ3n) is 3.36. The first-order chi connectivity index (χ1) is 9.08. The van der Waals surface area contributed by atoms with E-state index in [0.29, 0.717) is 6.54 Å². The molecule has 0 spiro atoms. The second-order valence-corrected chi connectivity index (χ2v) is 5.55. The summed E-state index contributed by atoms with van der Waals surface area (Å²) >= 11 is 3.44. The van der Waals surface area contributed by atoms with Gasteiger partial charge in [-0.1, -0.05) is 34.1 Å². The molecule has 0 amide bonds. The van der Waals surface area contributed by atoms with Crippen molar-refractivity contribution in [3.05, 3.63) is 68.9 Å². The minimum Gasteiger partial charge on any atom is -0.309 e. The molecule has 0 aliphatic heterocycles. The van der Waals surface area contributed by atoms with E-state index in [-0.39, 0.29) is 5.82 Å². The summed E-state index contributed by atoms with van der Waals surface area (Å²) in [6.07, 6.45) is 0. The van der Waals surface area contributed by atoms with Crippen molar-refractivity contribution in [2.24, 2.45) is 0 Å². The predicted octanol–water partition coefficient (Wildman–Crippen LogP) is 4.49. The molecule has 0 atom stereocenters. The van der Waals surface area contributed by atoms with Gasteiger partial charge in [-0.05, 0) is 54.3 Å². The van der Waals surface area contributed by atoms with E-state index in [1.807, 2.05) is 0 Å². The van der Waals surface area contributed by atoms with Crippen molar-refractivity contribution in [1.29, 1.82) is 0 Å². The molecule has 0 aliphatic carbocycles. The summed E-state index contributed by atoms with van der Waals surface area (Å²) in [5.41, 5.74) is 4.83. The largest absolute Gasteiger partial charge is 0.309 e. The quantitative estimate of drug-likeness (QED) is 0.874. The van der Waals surface area contributed by atoms with Gasteiger partial charge in [0.2, 0.25) is 0 Å². The summed E-state index contributed by atoms with van der Waals surface area (Å²) < 4.78 is 14.1. The Morgan fingerprint density at radius 3 is 2.58 bits per heavy atom. The van der Waals surface area contributed by atoms with Gasteiger partial charge in [0, 0.05) is 17.6 Å². The van der Waals surface area contributed by atoms with Gasteiger partial charge in [-0.3, -0.25) is 0 Å². The van der Waals surface area contributed by atoms with Crippen LogP contribution in [0.3, 0.4) is 0 Å².